The standard InChI is InChI=1S/C29H23F3N6O/c1-18-3-4-22(14-26(18)37-28-34-10-7-25(36-28)21-5-8-33-9-6-21)27(39)13-20-11-23(29(30,31)32)15-24(12-20)38-16-19(2)35-17-38/h3-12,14-17H,13H2,1-2H3,(H,34,36,37). The predicted octanol–water partition coefficient (Wildman–Crippen LogP) is 6.53. The maximum absolute atomic E-state index is 13.6. The number of nitrogens with zero attached hydrogens (tertiary/aromatic N) is 5. The Morgan fingerprint density at radius 3 is 2.46 bits per heavy atom. The first-order chi connectivity index (χ1) is 18.7. The van der Waals surface area contributed by atoms with Crippen molar-refractivity contribution in [2.24, 2.45) is 0 Å². The summed E-state index contributed by atoms with van der Waals surface area (Å²) >= 11 is 0. The average Bonchev–Trinajstić information content (AvgIpc) is 3.36. The molecule has 2 aromatic carbocycles. The van der Waals surface area contributed by atoms with Gasteiger partial charge in [0.05, 0.1) is 23.3 Å². The molecular weight excluding hydrogens is 505 g/mol. The molecule has 5 aromatic rings. The molecule has 196 valence electrons. The molecule has 0 radical (unpaired) electrons. The Hall–Kier alpha value is -4.86. The van der Waals surface area contributed by atoms with Gasteiger partial charge in [-0.25, -0.2) is 15.0 Å². The summed E-state index contributed by atoms with van der Waals surface area (Å²) in [6.07, 6.45) is 3.28. The number of rotatable bonds is 7. The highest BCUT2D eigenvalue weighted by Crippen LogP contribution is 2.32. The monoisotopic (exact) mass is 528 g/mol. The molecule has 0 bridgehead atoms. The van der Waals surface area contributed by atoms with Gasteiger partial charge in [-0.2, -0.15) is 13.2 Å². The molecule has 0 fully saturated rings. The lowest BCUT2D eigenvalue weighted by atomic mass is 9.99. The predicted molar refractivity (Wildman–Crippen MR) is 141 cm³/mol. The molecular formula is C29H23F3N6O. The third-order valence-electron chi connectivity index (χ3n) is 6.12. The summed E-state index contributed by atoms with van der Waals surface area (Å²) < 4.78 is 42.4. The number of imidazole rings is 1. The summed E-state index contributed by atoms with van der Waals surface area (Å²) in [6.45, 7) is 3.62. The van der Waals surface area contributed by atoms with Crippen molar-refractivity contribution in [1.29, 1.82) is 0 Å². The number of halogens is 3. The second-order valence-corrected chi connectivity index (χ2v) is 9.06. The number of alkyl halides is 3. The van der Waals surface area contributed by atoms with E-state index >= 15 is 0 Å². The molecule has 0 unspecified atom stereocenters. The van der Waals surface area contributed by atoms with Crippen molar-refractivity contribution in [3.05, 3.63) is 114 Å². The lowest BCUT2D eigenvalue weighted by Crippen LogP contribution is -2.10. The van der Waals surface area contributed by atoms with Gasteiger partial charge >= 0.3 is 6.18 Å². The van der Waals surface area contributed by atoms with Crippen LogP contribution < -0.4 is 5.32 Å². The van der Waals surface area contributed by atoms with Crippen molar-refractivity contribution >= 4 is 17.4 Å². The van der Waals surface area contributed by atoms with E-state index < -0.39 is 11.7 Å². The number of anilines is 2. The summed E-state index contributed by atoms with van der Waals surface area (Å²) in [5.74, 6) is 0.0201. The van der Waals surface area contributed by atoms with Crippen LogP contribution in [0.2, 0.25) is 0 Å². The Bertz CT molecular complexity index is 1650. The van der Waals surface area contributed by atoms with E-state index in [1.165, 1.54) is 10.9 Å². The van der Waals surface area contributed by atoms with Gasteiger partial charge in [-0.05, 0) is 67.4 Å². The lowest BCUT2D eigenvalue weighted by Gasteiger charge is -2.13. The summed E-state index contributed by atoms with van der Waals surface area (Å²) in [4.78, 5) is 30.2. The summed E-state index contributed by atoms with van der Waals surface area (Å²) in [6, 6.07) is 14.2. The van der Waals surface area contributed by atoms with E-state index in [0.29, 0.717) is 28.6 Å². The molecule has 0 saturated carbocycles. The fourth-order valence-corrected chi connectivity index (χ4v) is 4.09. The SMILES string of the molecule is Cc1cn(-c2cc(CC(=O)c3ccc(C)c(Nc4nccc(-c5ccncc5)n4)c3)cc(C(F)(F)F)c2)cn1. The number of ketones is 1. The van der Waals surface area contributed by atoms with E-state index in [1.807, 2.05) is 19.1 Å². The molecule has 0 aliphatic carbocycles. The van der Waals surface area contributed by atoms with Crippen LogP contribution in [0.15, 0.2) is 85.7 Å². The number of carbonyl (C=O) groups is 1. The Balaban J connectivity index is 1.41. The highest BCUT2D eigenvalue weighted by atomic mass is 19.4. The number of pyridine rings is 1. The number of aromatic nitrogens is 5. The van der Waals surface area contributed by atoms with Crippen LogP contribution in [0.3, 0.4) is 0 Å². The van der Waals surface area contributed by atoms with Crippen LogP contribution in [-0.2, 0) is 12.6 Å². The molecule has 0 aliphatic heterocycles. The van der Waals surface area contributed by atoms with E-state index in [2.05, 4.69) is 25.3 Å². The quantitative estimate of drug-likeness (QED) is 0.242. The zero-order valence-corrected chi connectivity index (χ0v) is 21.1. The van der Waals surface area contributed by atoms with Gasteiger partial charge in [0.25, 0.3) is 0 Å². The average molecular weight is 529 g/mol. The van der Waals surface area contributed by atoms with Gasteiger partial charge in [0.15, 0.2) is 5.78 Å². The van der Waals surface area contributed by atoms with Gasteiger partial charge in [0.2, 0.25) is 5.95 Å². The Morgan fingerprint density at radius 1 is 0.949 bits per heavy atom. The van der Waals surface area contributed by atoms with Crippen molar-refractivity contribution in [3.8, 4) is 16.9 Å². The van der Waals surface area contributed by atoms with E-state index in [1.54, 1.807) is 62.0 Å². The van der Waals surface area contributed by atoms with Crippen LogP contribution >= 0.6 is 0 Å². The second kappa shape index (κ2) is 10.5. The number of carbonyl (C=O) groups excluding carboxylic acids is 1. The molecule has 0 saturated heterocycles. The smallest absolute Gasteiger partial charge is 0.324 e. The first-order valence-electron chi connectivity index (χ1n) is 12.0. The number of hydrogen-bond donors (Lipinski definition) is 1. The minimum atomic E-state index is -4.56. The molecule has 3 heterocycles. The Labute approximate surface area is 222 Å². The van der Waals surface area contributed by atoms with Crippen molar-refractivity contribution in [3.63, 3.8) is 0 Å². The molecule has 39 heavy (non-hydrogen) atoms. The van der Waals surface area contributed by atoms with Crippen molar-refractivity contribution in [2.75, 3.05) is 5.32 Å². The van der Waals surface area contributed by atoms with Crippen LogP contribution in [0.5, 0.6) is 0 Å². The zero-order valence-electron chi connectivity index (χ0n) is 21.1. The van der Waals surface area contributed by atoms with Gasteiger partial charge < -0.3 is 9.88 Å². The van der Waals surface area contributed by atoms with Crippen molar-refractivity contribution < 1.29 is 18.0 Å². The first kappa shape index (κ1) is 25.8. The minimum Gasteiger partial charge on any atom is -0.324 e. The molecule has 0 atom stereocenters. The Morgan fingerprint density at radius 2 is 1.74 bits per heavy atom. The summed E-state index contributed by atoms with van der Waals surface area (Å²) in [7, 11) is 0. The molecule has 0 aliphatic rings. The minimum absolute atomic E-state index is 0.207. The van der Waals surface area contributed by atoms with Gasteiger partial charge in [-0.3, -0.25) is 9.78 Å². The zero-order chi connectivity index (χ0) is 27.6. The normalized spacial score (nSPS) is 11.4. The Kier molecular flexibility index (Phi) is 6.93. The van der Waals surface area contributed by atoms with Crippen LogP contribution in [0, 0.1) is 13.8 Å². The van der Waals surface area contributed by atoms with Crippen LogP contribution in [0.25, 0.3) is 16.9 Å². The highest BCUT2D eigenvalue weighted by Gasteiger charge is 2.31. The molecule has 0 spiro atoms. The van der Waals surface area contributed by atoms with Crippen molar-refractivity contribution in [2.45, 2.75) is 26.4 Å². The van der Waals surface area contributed by atoms with E-state index in [9.17, 15) is 18.0 Å². The van der Waals surface area contributed by atoms with Crippen LogP contribution in [0.1, 0.15) is 32.7 Å². The van der Waals surface area contributed by atoms with E-state index in [-0.39, 0.29) is 23.5 Å². The van der Waals surface area contributed by atoms with Gasteiger partial charge in [-0.1, -0.05) is 12.1 Å². The third kappa shape index (κ3) is 6.01. The van der Waals surface area contributed by atoms with E-state index in [4.69, 9.17) is 0 Å². The number of Topliss-reactive ketones (excluding diaryl/α,β-unsaturated/α-hetero) is 1. The lowest BCUT2D eigenvalue weighted by molar-refractivity contribution is -0.137. The number of nitrogens with one attached hydrogen (secondary N) is 1. The van der Waals surface area contributed by atoms with Crippen LogP contribution in [0.4, 0.5) is 24.8 Å². The van der Waals surface area contributed by atoms with Gasteiger partial charge in [-0.15, -0.1) is 0 Å². The maximum Gasteiger partial charge on any atom is 0.416 e. The molecule has 1 N–H and O–H groups in total. The van der Waals surface area contributed by atoms with E-state index in [0.717, 1.165) is 23.3 Å². The number of aryl methyl sites for hydroxylation is 2. The number of hydrogen-bond acceptors (Lipinski definition) is 6. The summed E-state index contributed by atoms with van der Waals surface area (Å²) in [5.41, 5.74) is 3.77. The molecule has 10 heteroatoms. The maximum atomic E-state index is 13.6. The first-order valence-corrected chi connectivity index (χ1v) is 12.0. The highest BCUT2D eigenvalue weighted by molar-refractivity contribution is 5.98. The summed E-state index contributed by atoms with van der Waals surface area (Å²) in [5, 5.41) is 3.15. The second-order valence-electron chi connectivity index (χ2n) is 9.06. The van der Waals surface area contributed by atoms with Crippen LogP contribution in [-0.4, -0.2) is 30.3 Å². The fourth-order valence-electron chi connectivity index (χ4n) is 4.09. The van der Waals surface area contributed by atoms with Gasteiger partial charge in [0, 0.05) is 53.7 Å². The number of benzene rings is 2. The molecule has 3 aromatic heterocycles. The molecule has 5 rings (SSSR count). The molecule has 0 amide bonds. The van der Waals surface area contributed by atoms with Crippen molar-refractivity contribution in [1.82, 2.24) is 24.5 Å². The largest absolute Gasteiger partial charge is 0.416 e. The third-order valence-corrected chi connectivity index (χ3v) is 6.12. The fraction of sp³-hybridized carbons (Fsp3) is 0.138. The van der Waals surface area contributed by atoms with Gasteiger partial charge in [0.1, 0.15) is 0 Å². The molecule has 7 nitrogen and oxygen atoms in total. The topological polar surface area (TPSA) is 85.6 Å².